The lowest BCUT2D eigenvalue weighted by molar-refractivity contribution is -0.137. The van der Waals surface area contributed by atoms with Gasteiger partial charge in [0.2, 0.25) is 0 Å². The molecule has 0 aliphatic carbocycles. The van der Waals surface area contributed by atoms with Gasteiger partial charge in [0, 0.05) is 6.04 Å². The van der Waals surface area contributed by atoms with E-state index in [0.717, 1.165) is 19.0 Å². The van der Waals surface area contributed by atoms with Gasteiger partial charge in [-0.2, -0.15) is 13.2 Å². The molecule has 0 heterocycles. The summed E-state index contributed by atoms with van der Waals surface area (Å²) in [7, 11) is 0. The molecule has 5 heteroatoms. The molecule has 98 valence electrons. The zero-order chi connectivity index (χ0) is 12.2. The normalized spacial score (nSPS) is 13.0. The van der Waals surface area contributed by atoms with Gasteiger partial charge >= 0.3 is 6.18 Å². The summed E-state index contributed by atoms with van der Waals surface area (Å²) in [5.74, 6) is 0. The largest absolute Gasteiger partial charge is 0.416 e. The van der Waals surface area contributed by atoms with Gasteiger partial charge in [-0.15, -0.1) is 12.4 Å². The molecule has 0 saturated carbocycles. The summed E-state index contributed by atoms with van der Waals surface area (Å²) in [5, 5.41) is 3.16. The summed E-state index contributed by atoms with van der Waals surface area (Å²) in [4.78, 5) is 0. The first kappa shape index (κ1) is 16.3. The van der Waals surface area contributed by atoms with Crippen LogP contribution in [0.15, 0.2) is 24.3 Å². The second-order valence-electron chi connectivity index (χ2n) is 3.80. The summed E-state index contributed by atoms with van der Waals surface area (Å²) in [6.45, 7) is 4.69. The van der Waals surface area contributed by atoms with Crippen LogP contribution in [0, 0.1) is 0 Å². The van der Waals surface area contributed by atoms with Gasteiger partial charge in [0.25, 0.3) is 0 Å². The van der Waals surface area contributed by atoms with E-state index < -0.39 is 11.7 Å². The maximum Gasteiger partial charge on any atom is 0.416 e. The van der Waals surface area contributed by atoms with Gasteiger partial charge in [-0.1, -0.05) is 19.1 Å². The van der Waals surface area contributed by atoms with Crippen molar-refractivity contribution in [1.29, 1.82) is 0 Å². The Bertz CT molecular complexity index is 339. The predicted octanol–water partition coefficient (Wildman–Crippen LogP) is 4.19. The average molecular weight is 268 g/mol. The highest BCUT2D eigenvalue weighted by Crippen LogP contribution is 2.30. The fourth-order valence-electron chi connectivity index (χ4n) is 1.46. The SMILES string of the molecule is CCCNC(C)c1cccc(C(F)(F)F)c1.Cl. The number of alkyl halides is 3. The van der Waals surface area contributed by atoms with Gasteiger partial charge in [0.15, 0.2) is 0 Å². The number of benzene rings is 1. The third kappa shape index (κ3) is 4.96. The van der Waals surface area contributed by atoms with Crippen LogP contribution in [0.1, 0.15) is 37.4 Å². The van der Waals surface area contributed by atoms with Crippen LogP contribution in [0.25, 0.3) is 0 Å². The molecule has 1 nitrogen and oxygen atoms in total. The van der Waals surface area contributed by atoms with Gasteiger partial charge in [-0.3, -0.25) is 0 Å². The molecule has 1 aromatic carbocycles. The molecule has 0 radical (unpaired) electrons. The molecule has 0 amide bonds. The Balaban J connectivity index is 0.00000256. The number of hydrogen-bond donors (Lipinski definition) is 1. The Labute approximate surface area is 106 Å². The van der Waals surface area contributed by atoms with Gasteiger partial charge in [0.05, 0.1) is 5.56 Å². The fourth-order valence-corrected chi connectivity index (χ4v) is 1.46. The first-order valence-electron chi connectivity index (χ1n) is 5.35. The van der Waals surface area contributed by atoms with Gasteiger partial charge < -0.3 is 5.32 Å². The van der Waals surface area contributed by atoms with Crippen molar-refractivity contribution < 1.29 is 13.2 Å². The van der Waals surface area contributed by atoms with E-state index in [1.165, 1.54) is 12.1 Å². The minimum absolute atomic E-state index is 0. The quantitative estimate of drug-likeness (QED) is 0.863. The van der Waals surface area contributed by atoms with Crippen molar-refractivity contribution in [2.45, 2.75) is 32.5 Å². The molecule has 0 aliphatic rings. The molecule has 0 saturated heterocycles. The molecule has 0 bridgehead atoms. The van der Waals surface area contributed by atoms with Crippen molar-refractivity contribution in [3.05, 3.63) is 35.4 Å². The van der Waals surface area contributed by atoms with Crippen LogP contribution in [-0.2, 0) is 6.18 Å². The zero-order valence-electron chi connectivity index (χ0n) is 9.84. The summed E-state index contributed by atoms with van der Waals surface area (Å²) >= 11 is 0. The van der Waals surface area contributed by atoms with Crippen molar-refractivity contribution in [3.63, 3.8) is 0 Å². The monoisotopic (exact) mass is 267 g/mol. The van der Waals surface area contributed by atoms with Gasteiger partial charge in [-0.25, -0.2) is 0 Å². The molecular formula is C12H17ClF3N. The lowest BCUT2D eigenvalue weighted by atomic mass is 10.0. The fraction of sp³-hybridized carbons (Fsp3) is 0.500. The van der Waals surface area contributed by atoms with E-state index >= 15 is 0 Å². The van der Waals surface area contributed by atoms with Crippen molar-refractivity contribution in [1.82, 2.24) is 5.32 Å². The van der Waals surface area contributed by atoms with Crippen LogP contribution in [0.4, 0.5) is 13.2 Å². The molecule has 0 aliphatic heterocycles. The first-order valence-corrected chi connectivity index (χ1v) is 5.35. The maximum atomic E-state index is 12.5. The molecule has 1 N–H and O–H groups in total. The van der Waals surface area contributed by atoms with Crippen LogP contribution in [0.2, 0.25) is 0 Å². The molecule has 1 rings (SSSR count). The summed E-state index contributed by atoms with van der Waals surface area (Å²) in [5.41, 5.74) is 0.0819. The molecule has 1 atom stereocenters. The molecular weight excluding hydrogens is 251 g/mol. The molecule has 17 heavy (non-hydrogen) atoms. The average Bonchev–Trinajstić information content (AvgIpc) is 2.25. The molecule has 0 fully saturated rings. The number of nitrogens with one attached hydrogen (secondary N) is 1. The summed E-state index contributed by atoms with van der Waals surface area (Å²) in [6.07, 6.45) is -3.30. The van der Waals surface area contributed by atoms with Crippen LogP contribution >= 0.6 is 12.4 Å². The summed E-state index contributed by atoms with van der Waals surface area (Å²) < 4.78 is 37.4. The van der Waals surface area contributed by atoms with Crippen LogP contribution < -0.4 is 5.32 Å². The standard InChI is InChI=1S/C12H16F3N.ClH/c1-3-7-16-9(2)10-5-4-6-11(8-10)12(13,14)15;/h4-6,8-9,16H,3,7H2,1-2H3;1H. The molecule has 0 spiro atoms. The Hall–Kier alpha value is -0.740. The highest BCUT2D eigenvalue weighted by molar-refractivity contribution is 5.85. The second-order valence-corrected chi connectivity index (χ2v) is 3.80. The van der Waals surface area contributed by atoms with Crippen molar-refractivity contribution in [2.24, 2.45) is 0 Å². The number of rotatable bonds is 4. The van der Waals surface area contributed by atoms with Crippen molar-refractivity contribution in [2.75, 3.05) is 6.54 Å². The Morgan fingerprint density at radius 3 is 2.47 bits per heavy atom. The number of hydrogen-bond acceptors (Lipinski definition) is 1. The zero-order valence-corrected chi connectivity index (χ0v) is 10.7. The predicted molar refractivity (Wildman–Crippen MR) is 65.4 cm³/mol. The van der Waals surface area contributed by atoms with E-state index in [4.69, 9.17) is 0 Å². The minimum atomic E-state index is -4.26. The van der Waals surface area contributed by atoms with Crippen molar-refractivity contribution >= 4 is 12.4 Å². The van der Waals surface area contributed by atoms with E-state index in [0.29, 0.717) is 5.56 Å². The van der Waals surface area contributed by atoms with E-state index in [-0.39, 0.29) is 18.4 Å². The lowest BCUT2D eigenvalue weighted by Gasteiger charge is -2.15. The number of halogens is 4. The van der Waals surface area contributed by atoms with Gasteiger partial charge in [0.1, 0.15) is 0 Å². The smallest absolute Gasteiger partial charge is 0.310 e. The first-order chi connectivity index (χ1) is 7.45. The van der Waals surface area contributed by atoms with Gasteiger partial charge in [-0.05, 0) is 37.6 Å². The van der Waals surface area contributed by atoms with Crippen LogP contribution in [-0.4, -0.2) is 6.54 Å². The third-order valence-corrected chi connectivity index (χ3v) is 2.41. The maximum absolute atomic E-state index is 12.5. The summed E-state index contributed by atoms with van der Waals surface area (Å²) in [6, 6.07) is 5.40. The van der Waals surface area contributed by atoms with Crippen LogP contribution in [0.3, 0.4) is 0 Å². The Kier molecular flexibility index (Phi) is 6.57. The van der Waals surface area contributed by atoms with E-state index in [1.54, 1.807) is 6.07 Å². The molecule has 1 aromatic rings. The molecule has 0 aromatic heterocycles. The van der Waals surface area contributed by atoms with Crippen LogP contribution in [0.5, 0.6) is 0 Å². The Morgan fingerprint density at radius 1 is 1.29 bits per heavy atom. The van der Waals surface area contributed by atoms with E-state index in [2.05, 4.69) is 5.32 Å². The molecule has 1 unspecified atom stereocenters. The van der Waals surface area contributed by atoms with Crippen molar-refractivity contribution in [3.8, 4) is 0 Å². The lowest BCUT2D eigenvalue weighted by Crippen LogP contribution is -2.19. The topological polar surface area (TPSA) is 12.0 Å². The third-order valence-electron chi connectivity index (χ3n) is 2.41. The Morgan fingerprint density at radius 2 is 1.94 bits per heavy atom. The highest BCUT2D eigenvalue weighted by Gasteiger charge is 2.30. The second kappa shape index (κ2) is 6.87. The van der Waals surface area contributed by atoms with E-state index in [9.17, 15) is 13.2 Å². The highest BCUT2D eigenvalue weighted by atomic mass is 35.5. The van der Waals surface area contributed by atoms with E-state index in [1.807, 2.05) is 13.8 Å². The minimum Gasteiger partial charge on any atom is -0.310 e.